The average Bonchev–Trinajstić information content (AvgIpc) is 2.23. The van der Waals surface area contributed by atoms with E-state index in [1.165, 1.54) is 37.7 Å². The zero-order valence-electron chi connectivity index (χ0n) is 11.8. The van der Waals surface area contributed by atoms with Gasteiger partial charge in [-0.15, -0.1) is 0 Å². The first-order valence-electron chi connectivity index (χ1n) is 6.79. The topological polar surface area (TPSA) is 9.23 Å². The summed E-state index contributed by atoms with van der Waals surface area (Å²) in [6.07, 6.45) is 6.43. The second kappa shape index (κ2) is 6.68. The SMILES string of the molecule is CCCCCCc1cccc(OC(C)(C)C)c1. The van der Waals surface area contributed by atoms with E-state index in [2.05, 4.69) is 45.9 Å². The Bertz CT molecular complexity index is 323. The highest BCUT2D eigenvalue weighted by atomic mass is 16.5. The number of rotatable bonds is 6. The average molecular weight is 234 g/mol. The van der Waals surface area contributed by atoms with Crippen LogP contribution in [0.5, 0.6) is 5.75 Å². The standard InChI is InChI=1S/C16H26O/c1-5-6-7-8-10-14-11-9-12-15(13-14)17-16(2,3)4/h9,11-13H,5-8,10H2,1-4H3. The maximum absolute atomic E-state index is 5.87. The largest absolute Gasteiger partial charge is 0.488 e. The summed E-state index contributed by atoms with van der Waals surface area (Å²) in [5.41, 5.74) is 1.28. The molecular weight excluding hydrogens is 208 g/mol. The van der Waals surface area contributed by atoms with Gasteiger partial charge in [-0.2, -0.15) is 0 Å². The fraction of sp³-hybridized carbons (Fsp3) is 0.625. The smallest absolute Gasteiger partial charge is 0.120 e. The van der Waals surface area contributed by atoms with Crippen LogP contribution >= 0.6 is 0 Å². The Morgan fingerprint density at radius 1 is 1.06 bits per heavy atom. The van der Waals surface area contributed by atoms with Gasteiger partial charge in [0, 0.05) is 0 Å². The minimum Gasteiger partial charge on any atom is -0.488 e. The lowest BCUT2D eigenvalue weighted by molar-refractivity contribution is 0.131. The van der Waals surface area contributed by atoms with E-state index in [1.807, 2.05) is 6.07 Å². The first-order valence-corrected chi connectivity index (χ1v) is 6.79. The van der Waals surface area contributed by atoms with Crippen LogP contribution in [0.3, 0.4) is 0 Å². The number of hydrogen-bond donors (Lipinski definition) is 0. The molecule has 0 saturated carbocycles. The van der Waals surface area contributed by atoms with E-state index in [0.29, 0.717) is 0 Å². The Morgan fingerprint density at radius 3 is 2.47 bits per heavy atom. The third-order valence-electron chi connectivity index (χ3n) is 2.64. The lowest BCUT2D eigenvalue weighted by atomic mass is 10.1. The van der Waals surface area contributed by atoms with Crippen LogP contribution in [-0.4, -0.2) is 5.60 Å². The Kier molecular flexibility index (Phi) is 5.54. The van der Waals surface area contributed by atoms with Crippen molar-refractivity contribution in [3.8, 4) is 5.75 Å². The van der Waals surface area contributed by atoms with Gasteiger partial charge in [0.1, 0.15) is 11.4 Å². The summed E-state index contributed by atoms with van der Waals surface area (Å²) in [7, 11) is 0. The minimum absolute atomic E-state index is 0.110. The first-order chi connectivity index (χ1) is 8.01. The molecule has 1 aromatic carbocycles. The summed E-state index contributed by atoms with van der Waals surface area (Å²) in [5.74, 6) is 0.991. The summed E-state index contributed by atoms with van der Waals surface area (Å²) in [4.78, 5) is 0. The van der Waals surface area contributed by atoms with Gasteiger partial charge in [0.15, 0.2) is 0 Å². The first kappa shape index (κ1) is 14.1. The number of benzene rings is 1. The zero-order valence-corrected chi connectivity index (χ0v) is 11.8. The number of ether oxygens (including phenoxy) is 1. The monoisotopic (exact) mass is 234 g/mol. The van der Waals surface area contributed by atoms with Crippen molar-refractivity contribution < 1.29 is 4.74 Å². The van der Waals surface area contributed by atoms with Gasteiger partial charge in [0.2, 0.25) is 0 Å². The van der Waals surface area contributed by atoms with E-state index in [4.69, 9.17) is 4.74 Å². The zero-order chi connectivity index (χ0) is 12.7. The fourth-order valence-electron chi connectivity index (χ4n) is 1.87. The summed E-state index contributed by atoms with van der Waals surface area (Å²) in [6.45, 7) is 8.50. The van der Waals surface area contributed by atoms with Crippen LogP contribution in [0.2, 0.25) is 0 Å². The van der Waals surface area contributed by atoms with Crippen molar-refractivity contribution in [1.29, 1.82) is 0 Å². The van der Waals surface area contributed by atoms with Crippen molar-refractivity contribution in [2.75, 3.05) is 0 Å². The molecule has 0 radical (unpaired) electrons. The molecule has 0 unspecified atom stereocenters. The van der Waals surface area contributed by atoms with Crippen molar-refractivity contribution >= 4 is 0 Å². The van der Waals surface area contributed by atoms with Gasteiger partial charge in [0.25, 0.3) is 0 Å². The van der Waals surface area contributed by atoms with E-state index in [0.717, 1.165) is 5.75 Å². The van der Waals surface area contributed by atoms with Crippen LogP contribution in [0.1, 0.15) is 58.9 Å². The molecular formula is C16H26O. The second-order valence-electron chi connectivity index (χ2n) is 5.67. The summed E-state index contributed by atoms with van der Waals surface area (Å²) >= 11 is 0. The molecule has 1 aromatic rings. The van der Waals surface area contributed by atoms with Crippen LogP contribution in [0, 0.1) is 0 Å². The van der Waals surface area contributed by atoms with Crippen LogP contribution in [0.25, 0.3) is 0 Å². The van der Waals surface area contributed by atoms with E-state index < -0.39 is 0 Å². The highest BCUT2D eigenvalue weighted by molar-refractivity contribution is 5.29. The molecule has 0 heterocycles. The Morgan fingerprint density at radius 2 is 1.82 bits per heavy atom. The number of aryl methyl sites for hydroxylation is 1. The molecule has 0 bridgehead atoms. The third-order valence-corrected chi connectivity index (χ3v) is 2.64. The van der Waals surface area contributed by atoms with Crippen LogP contribution in [0.15, 0.2) is 24.3 Å². The Labute approximate surface area is 106 Å². The van der Waals surface area contributed by atoms with Crippen molar-refractivity contribution in [3.63, 3.8) is 0 Å². The van der Waals surface area contributed by atoms with Gasteiger partial charge >= 0.3 is 0 Å². The maximum Gasteiger partial charge on any atom is 0.120 e. The van der Waals surface area contributed by atoms with Crippen LogP contribution < -0.4 is 4.74 Å². The Balaban J connectivity index is 2.48. The minimum atomic E-state index is -0.110. The van der Waals surface area contributed by atoms with Crippen molar-refractivity contribution in [2.24, 2.45) is 0 Å². The molecule has 0 saturated heterocycles. The van der Waals surface area contributed by atoms with Crippen LogP contribution in [-0.2, 0) is 6.42 Å². The molecule has 0 atom stereocenters. The van der Waals surface area contributed by atoms with E-state index in [9.17, 15) is 0 Å². The van der Waals surface area contributed by atoms with Gasteiger partial charge < -0.3 is 4.74 Å². The Hall–Kier alpha value is -0.980. The summed E-state index contributed by atoms with van der Waals surface area (Å²) < 4.78 is 5.87. The lowest BCUT2D eigenvalue weighted by Crippen LogP contribution is -2.22. The van der Waals surface area contributed by atoms with Crippen molar-refractivity contribution in [1.82, 2.24) is 0 Å². The molecule has 0 fully saturated rings. The molecule has 1 heteroatoms. The molecule has 96 valence electrons. The number of hydrogen-bond acceptors (Lipinski definition) is 1. The highest BCUT2D eigenvalue weighted by Gasteiger charge is 2.11. The van der Waals surface area contributed by atoms with Crippen LogP contribution in [0.4, 0.5) is 0 Å². The summed E-state index contributed by atoms with van der Waals surface area (Å²) in [5, 5.41) is 0. The maximum atomic E-state index is 5.87. The lowest BCUT2D eigenvalue weighted by Gasteiger charge is -2.21. The summed E-state index contributed by atoms with van der Waals surface area (Å²) in [6, 6.07) is 8.51. The number of unbranched alkanes of at least 4 members (excludes halogenated alkanes) is 3. The molecule has 0 spiro atoms. The fourth-order valence-corrected chi connectivity index (χ4v) is 1.87. The van der Waals surface area contributed by atoms with E-state index in [-0.39, 0.29) is 5.60 Å². The van der Waals surface area contributed by atoms with Gasteiger partial charge in [-0.1, -0.05) is 38.3 Å². The molecule has 0 aromatic heterocycles. The molecule has 0 N–H and O–H groups in total. The third kappa shape index (κ3) is 6.35. The van der Waals surface area contributed by atoms with Gasteiger partial charge in [-0.05, 0) is 51.3 Å². The quantitative estimate of drug-likeness (QED) is 0.630. The highest BCUT2D eigenvalue weighted by Crippen LogP contribution is 2.20. The molecule has 17 heavy (non-hydrogen) atoms. The molecule has 0 aliphatic rings. The molecule has 0 amide bonds. The predicted octanol–water partition coefficient (Wildman–Crippen LogP) is 4.99. The predicted molar refractivity (Wildman–Crippen MR) is 74.7 cm³/mol. The molecule has 0 aliphatic heterocycles. The van der Waals surface area contributed by atoms with Gasteiger partial charge in [-0.25, -0.2) is 0 Å². The van der Waals surface area contributed by atoms with Gasteiger partial charge in [-0.3, -0.25) is 0 Å². The van der Waals surface area contributed by atoms with Crippen molar-refractivity contribution in [2.45, 2.75) is 65.4 Å². The molecule has 1 nitrogen and oxygen atoms in total. The van der Waals surface area contributed by atoms with E-state index in [1.54, 1.807) is 0 Å². The normalized spacial score (nSPS) is 11.5. The van der Waals surface area contributed by atoms with Gasteiger partial charge in [0.05, 0.1) is 0 Å². The molecule has 1 rings (SSSR count). The second-order valence-corrected chi connectivity index (χ2v) is 5.67. The molecule has 0 aliphatic carbocycles. The van der Waals surface area contributed by atoms with E-state index >= 15 is 0 Å². The van der Waals surface area contributed by atoms with Crippen molar-refractivity contribution in [3.05, 3.63) is 29.8 Å².